The number of nitrogens with zero attached hydrogens (tertiary/aromatic N) is 3. The molecule has 5 rings (SSSR count). The van der Waals surface area contributed by atoms with Crippen LogP contribution in [-0.4, -0.2) is 43.2 Å². The molecule has 1 amide bonds. The number of aromatic hydroxyl groups is 1. The zero-order chi connectivity index (χ0) is 28.1. The van der Waals surface area contributed by atoms with Crippen LogP contribution in [0.3, 0.4) is 0 Å². The van der Waals surface area contributed by atoms with E-state index in [1.807, 2.05) is 0 Å². The number of carboxylic acids is 1. The van der Waals surface area contributed by atoms with Gasteiger partial charge in [-0.2, -0.15) is 0 Å². The highest BCUT2D eigenvalue weighted by Crippen LogP contribution is 2.44. The van der Waals surface area contributed by atoms with Crippen molar-refractivity contribution in [3.05, 3.63) is 101 Å². The molecular formula is C26H20FN3O7S2. The van der Waals surface area contributed by atoms with Crippen LogP contribution < -0.4 is 4.90 Å². The van der Waals surface area contributed by atoms with E-state index >= 15 is 0 Å². The van der Waals surface area contributed by atoms with Gasteiger partial charge in [-0.3, -0.25) is 19.3 Å². The number of carbonyl (C=O) groups excluding carboxylic acids is 2. The molecule has 200 valence electrons. The van der Waals surface area contributed by atoms with Crippen molar-refractivity contribution in [3.8, 4) is 5.75 Å². The first kappa shape index (κ1) is 27.5. The maximum absolute atomic E-state index is 14.0. The van der Waals surface area contributed by atoms with Gasteiger partial charge in [0.1, 0.15) is 11.6 Å². The Bertz CT molecular complexity index is 1530. The molecule has 0 radical (unpaired) electrons. The van der Waals surface area contributed by atoms with E-state index in [9.17, 15) is 24.2 Å². The molecule has 1 aliphatic heterocycles. The summed E-state index contributed by atoms with van der Waals surface area (Å²) >= 11 is 2.32. The number of furan rings is 1. The molecule has 0 bridgehead atoms. The quantitative estimate of drug-likeness (QED) is 0.155. The molecule has 4 aromatic rings. The minimum Gasteiger partial charge on any atom is -0.508 e. The number of carboxylic acid groups (broad SMARTS) is 1. The number of thioether (sulfide) groups is 1. The van der Waals surface area contributed by atoms with Crippen LogP contribution >= 0.6 is 23.1 Å². The Labute approximate surface area is 229 Å². The number of phenolic OH excluding ortho intramolecular Hbond substituents is 1. The van der Waals surface area contributed by atoms with Gasteiger partial charge in [0.15, 0.2) is 15.9 Å². The molecule has 0 saturated carbocycles. The highest BCUT2D eigenvalue weighted by atomic mass is 32.2. The van der Waals surface area contributed by atoms with Crippen molar-refractivity contribution in [2.24, 2.45) is 0 Å². The number of anilines is 1. The summed E-state index contributed by atoms with van der Waals surface area (Å²) in [6, 6.07) is 14.2. The van der Waals surface area contributed by atoms with Gasteiger partial charge in [0, 0.05) is 12.7 Å². The van der Waals surface area contributed by atoms with Gasteiger partial charge in [0.2, 0.25) is 10.9 Å². The van der Waals surface area contributed by atoms with Crippen molar-refractivity contribution < 1.29 is 38.5 Å². The second-order valence-corrected chi connectivity index (χ2v) is 10.2. The number of hydrogen-bond donors (Lipinski definition) is 3. The number of aliphatic carboxylic acids is 1. The molecule has 0 fully saturated rings. The number of aliphatic hydroxyl groups is 1. The van der Waals surface area contributed by atoms with Crippen LogP contribution in [0.15, 0.2) is 87.0 Å². The average molecular weight is 570 g/mol. The molecule has 1 atom stereocenters. The number of carbonyl (C=O) groups is 3. The first-order valence-corrected chi connectivity index (χ1v) is 13.0. The van der Waals surface area contributed by atoms with Gasteiger partial charge in [-0.05, 0) is 41.5 Å². The number of hydrogen-bond acceptors (Lipinski definition) is 10. The number of halogens is 1. The van der Waals surface area contributed by atoms with Crippen molar-refractivity contribution in [2.45, 2.75) is 23.1 Å². The second kappa shape index (κ2) is 11.9. The second-order valence-electron chi connectivity index (χ2n) is 7.99. The third-order valence-electron chi connectivity index (χ3n) is 5.32. The molecule has 3 heterocycles. The van der Waals surface area contributed by atoms with E-state index in [0.717, 1.165) is 18.3 Å². The van der Waals surface area contributed by atoms with Crippen molar-refractivity contribution in [3.63, 3.8) is 0 Å². The summed E-state index contributed by atoms with van der Waals surface area (Å²) in [6.45, 7) is 1.08. The minimum atomic E-state index is -1.03. The molecule has 1 unspecified atom stereocenters. The summed E-state index contributed by atoms with van der Waals surface area (Å²) in [5, 5.41) is 36.2. The first-order valence-electron chi connectivity index (χ1n) is 11.2. The van der Waals surface area contributed by atoms with E-state index in [1.165, 1.54) is 53.3 Å². The molecule has 0 spiro atoms. The van der Waals surface area contributed by atoms with Crippen molar-refractivity contribution >= 4 is 45.9 Å². The van der Waals surface area contributed by atoms with Gasteiger partial charge in [0.05, 0.1) is 17.9 Å². The summed E-state index contributed by atoms with van der Waals surface area (Å²) in [5.41, 5.74) is 0.788. The van der Waals surface area contributed by atoms with Gasteiger partial charge >= 0.3 is 0 Å². The van der Waals surface area contributed by atoms with Gasteiger partial charge in [0.25, 0.3) is 11.9 Å². The Morgan fingerprint density at radius 3 is 2.41 bits per heavy atom. The third-order valence-corrected chi connectivity index (χ3v) is 7.42. The molecule has 1 aliphatic rings. The molecule has 3 N–H and O–H groups in total. The molecule has 13 heteroatoms. The van der Waals surface area contributed by atoms with Crippen LogP contribution in [0.5, 0.6) is 5.75 Å². The lowest BCUT2D eigenvalue weighted by molar-refractivity contribution is -0.134. The predicted molar refractivity (Wildman–Crippen MR) is 140 cm³/mol. The van der Waals surface area contributed by atoms with E-state index in [0.29, 0.717) is 21.2 Å². The smallest absolute Gasteiger partial charge is 0.300 e. The summed E-state index contributed by atoms with van der Waals surface area (Å²) in [4.78, 5) is 36.5. The van der Waals surface area contributed by atoms with Crippen molar-refractivity contribution in [1.29, 1.82) is 0 Å². The van der Waals surface area contributed by atoms with Crippen LogP contribution in [0.4, 0.5) is 9.52 Å². The highest BCUT2D eigenvalue weighted by molar-refractivity contribution is 8.00. The number of aromatic nitrogens is 2. The van der Waals surface area contributed by atoms with Crippen molar-refractivity contribution in [1.82, 2.24) is 10.2 Å². The SMILES string of the molecule is CC(=O)O.O=C(C1=C(O)C(=O)N(c2nnc(SCc3ccccc3F)s2)C1c1ccc(O)cc1)c1ccco1. The maximum Gasteiger partial charge on any atom is 0.300 e. The molecule has 2 aromatic heterocycles. The highest BCUT2D eigenvalue weighted by Gasteiger charge is 2.46. The zero-order valence-corrected chi connectivity index (χ0v) is 21.8. The summed E-state index contributed by atoms with van der Waals surface area (Å²) in [5.74, 6) is -3.09. The topological polar surface area (TPSA) is 154 Å². The number of Topliss-reactive ketones (excluding diaryl/α,β-unsaturated/α-hetero) is 1. The molecular weight excluding hydrogens is 549 g/mol. The van der Waals surface area contributed by atoms with E-state index in [-0.39, 0.29) is 28.0 Å². The summed E-state index contributed by atoms with van der Waals surface area (Å²) < 4.78 is 19.6. The van der Waals surface area contributed by atoms with Crippen LogP contribution in [0, 0.1) is 5.82 Å². The number of aliphatic hydroxyl groups excluding tert-OH is 1. The van der Waals surface area contributed by atoms with E-state index in [4.69, 9.17) is 14.3 Å². The molecule has 39 heavy (non-hydrogen) atoms. The lowest BCUT2D eigenvalue weighted by Crippen LogP contribution is -2.31. The third kappa shape index (κ3) is 6.16. The lowest BCUT2D eigenvalue weighted by atomic mass is 9.95. The largest absolute Gasteiger partial charge is 0.508 e. The fourth-order valence-corrected chi connectivity index (χ4v) is 5.51. The molecule has 10 nitrogen and oxygen atoms in total. The van der Waals surface area contributed by atoms with E-state index in [1.54, 1.807) is 30.3 Å². The van der Waals surface area contributed by atoms with Gasteiger partial charge in [-0.15, -0.1) is 10.2 Å². The molecule has 0 aliphatic carbocycles. The molecule has 2 aromatic carbocycles. The maximum atomic E-state index is 14.0. The van der Waals surface area contributed by atoms with E-state index < -0.39 is 29.5 Å². The number of rotatable bonds is 7. The van der Waals surface area contributed by atoms with Crippen molar-refractivity contribution in [2.75, 3.05) is 4.90 Å². The first-order chi connectivity index (χ1) is 18.7. The number of amides is 1. The van der Waals surface area contributed by atoms with Gasteiger partial charge in [-0.1, -0.05) is 53.4 Å². The Morgan fingerprint density at radius 1 is 1.08 bits per heavy atom. The number of phenols is 1. The average Bonchev–Trinajstić information content (AvgIpc) is 3.65. The fraction of sp³-hybridized carbons (Fsp3) is 0.115. The predicted octanol–water partition coefficient (Wildman–Crippen LogP) is 5.14. The number of benzene rings is 2. The van der Waals surface area contributed by atoms with Crippen LogP contribution in [0.1, 0.15) is 34.6 Å². The zero-order valence-electron chi connectivity index (χ0n) is 20.1. The minimum absolute atomic E-state index is 0.000480. The fourth-order valence-electron chi connectivity index (χ4n) is 3.66. The Kier molecular flexibility index (Phi) is 8.42. The molecule has 0 saturated heterocycles. The lowest BCUT2D eigenvalue weighted by Gasteiger charge is -2.23. The van der Waals surface area contributed by atoms with E-state index in [2.05, 4.69) is 10.2 Å². The summed E-state index contributed by atoms with van der Waals surface area (Å²) in [7, 11) is 0. The van der Waals surface area contributed by atoms with Gasteiger partial charge < -0.3 is 19.7 Å². The van der Waals surface area contributed by atoms with Gasteiger partial charge in [-0.25, -0.2) is 4.39 Å². The summed E-state index contributed by atoms with van der Waals surface area (Å²) in [6.07, 6.45) is 1.32. The normalized spacial score (nSPS) is 14.8. The Hall–Kier alpha value is -4.49. The Morgan fingerprint density at radius 2 is 1.77 bits per heavy atom. The standard InChI is InChI=1S/C24H16FN3O5S2.C2H4O2/c25-16-5-2-1-4-14(16)12-34-24-27-26-23(35-24)28-19(13-7-9-15(29)10-8-13)18(21(31)22(28)32)20(30)17-6-3-11-33-17;1-2(3)4/h1-11,19,29,31H,12H2;1H3,(H,3,4). The van der Waals surface area contributed by atoms with Crippen LogP contribution in [0.2, 0.25) is 0 Å². The Balaban J connectivity index is 0.000000826. The number of ketones is 1. The van der Waals surface area contributed by atoms with Crippen LogP contribution in [0.25, 0.3) is 0 Å². The van der Waals surface area contributed by atoms with Crippen LogP contribution in [-0.2, 0) is 15.3 Å². The monoisotopic (exact) mass is 569 g/mol.